The summed E-state index contributed by atoms with van der Waals surface area (Å²) in [4.78, 5) is 11.9. The van der Waals surface area contributed by atoms with Crippen LogP contribution in [0.5, 0.6) is 0 Å². The van der Waals surface area contributed by atoms with Crippen LogP contribution in [-0.2, 0) is 6.54 Å². The molecular weight excluding hydrogens is 240 g/mol. The molecule has 1 aromatic heterocycles. The van der Waals surface area contributed by atoms with Crippen LogP contribution in [0.1, 0.15) is 37.2 Å². The number of carbonyl (C=O) groups is 1. The van der Waals surface area contributed by atoms with Crippen LogP contribution in [0.4, 0.5) is 0 Å². The van der Waals surface area contributed by atoms with E-state index in [9.17, 15) is 4.79 Å². The van der Waals surface area contributed by atoms with Gasteiger partial charge in [0.05, 0.1) is 11.1 Å². The van der Waals surface area contributed by atoms with Gasteiger partial charge < -0.3 is 15.0 Å². The van der Waals surface area contributed by atoms with Crippen LogP contribution >= 0.6 is 11.6 Å². The molecule has 0 aromatic carbocycles. The van der Waals surface area contributed by atoms with E-state index < -0.39 is 6.10 Å². The molecule has 1 rings (SSSR count). The minimum absolute atomic E-state index is 0.147. The molecule has 1 atom stereocenters. The Morgan fingerprint density at radius 2 is 2.35 bits per heavy atom. The molecule has 96 valence electrons. The van der Waals surface area contributed by atoms with E-state index in [1.165, 1.54) is 0 Å². The van der Waals surface area contributed by atoms with Gasteiger partial charge in [-0.3, -0.25) is 4.79 Å². The number of nitrogens with zero attached hydrogens (tertiary/aromatic N) is 1. The fourth-order valence-electron chi connectivity index (χ4n) is 1.58. The standard InChI is InChI=1S/C12H19ClN2O2/c1-3-6-15-8-10(13)7-11(15)12(17)14-5-4-9(2)16/h7-9,16H,3-6H2,1-2H3,(H,14,17). The van der Waals surface area contributed by atoms with Crippen molar-refractivity contribution >= 4 is 17.5 Å². The molecule has 1 unspecified atom stereocenters. The second kappa shape index (κ2) is 6.67. The Bertz CT molecular complexity index is 375. The SMILES string of the molecule is CCCn1cc(Cl)cc1C(=O)NCCC(C)O. The lowest BCUT2D eigenvalue weighted by Crippen LogP contribution is -2.28. The van der Waals surface area contributed by atoms with Gasteiger partial charge in [-0.25, -0.2) is 0 Å². The number of nitrogens with one attached hydrogen (secondary N) is 1. The van der Waals surface area contributed by atoms with E-state index in [-0.39, 0.29) is 5.91 Å². The molecule has 0 saturated heterocycles. The maximum Gasteiger partial charge on any atom is 0.267 e. The molecule has 0 spiro atoms. The predicted molar refractivity (Wildman–Crippen MR) is 68.4 cm³/mol. The van der Waals surface area contributed by atoms with Crippen molar-refractivity contribution in [2.24, 2.45) is 0 Å². The van der Waals surface area contributed by atoms with Crippen molar-refractivity contribution in [3.05, 3.63) is 23.0 Å². The summed E-state index contributed by atoms with van der Waals surface area (Å²) in [5, 5.41) is 12.4. The van der Waals surface area contributed by atoms with Gasteiger partial charge in [-0.1, -0.05) is 18.5 Å². The Balaban J connectivity index is 2.61. The van der Waals surface area contributed by atoms with Gasteiger partial charge in [-0.05, 0) is 25.8 Å². The van der Waals surface area contributed by atoms with Gasteiger partial charge in [0.1, 0.15) is 5.69 Å². The number of amides is 1. The van der Waals surface area contributed by atoms with E-state index in [0.29, 0.717) is 23.7 Å². The van der Waals surface area contributed by atoms with Gasteiger partial charge in [0.25, 0.3) is 5.91 Å². The Kier molecular flexibility index (Phi) is 5.51. The molecule has 0 saturated carbocycles. The fraction of sp³-hybridized carbons (Fsp3) is 0.583. The molecule has 1 aromatic rings. The molecule has 4 nitrogen and oxygen atoms in total. The molecule has 0 radical (unpaired) electrons. The normalized spacial score (nSPS) is 12.5. The van der Waals surface area contributed by atoms with Gasteiger partial charge in [-0.15, -0.1) is 0 Å². The van der Waals surface area contributed by atoms with Crippen LogP contribution < -0.4 is 5.32 Å². The van der Waals surface area contributed by atoms with Crippen LogP contribution in [0.25, 0.3) is 0 Å². The lowest BCUT2D eigenvalue weighted by molar-refractivity contribution is 0.0936. The first-order valence-corrected chi connectivity index (χ1v) is 6.24. The van der Waals surface area contributed by atoms with Crippen molar-refractivity contribution in [2.75, 3.05) is 6.54 Å². The van der Waals surface area contributed by atoms with Crippen molar-refractivity contribution in [3.63, 3.8) is 0 Å². The number of hydrogen-bond donors (Lipinski definition) is 2. The quantitative estimate of drug-likeness (QED) is 0.821. The van der Waals surface area contributed by atoms with Crippen LogP contribution in [0.2, 0.25) is 5.02 Å². The molecule has 5 heteroatoms. The van der Waals surface area contributed by atoms with Gasteiger partial charge in [-0.2, -0.15) is 0 Å². The van der Waals surface area contributed by atoms with Crippen molar-refractivity contribution in [2.45, 2.75) is 39.3 Å². The highest BCUT2D eigenvalue weighted by Gasteiger charge is 2.12. The van der Waals surface area contributed by atoms with Gasteiger partial charge in [0.2, 0.25) is 0 Å². The number of halogens is 1. The molecular formula is C12H19ClN2O2. The Hall–Kier alpha value is -1.00. The van der Waals surface area contributed by atoms with E-state index in [0.717, 1.165) is 13.0 Å². The summed E-state index contributed by atoms with van der Waals surface area (Å²) in [6.45, 7) is 4.98. The van der Waals surface area contributed by atoms with Crippen LogP contribution in [0.3, 0.4) is 0 Å². The number of aliphatic hydroxyl groups excluding tert-OH is 1. The van der Waals surface area contributed by atoms with Crippen LogP contribution in [0, 0.1) is 0 Å². The molecule has 0 fully saturated rings. The van der Waals surface area contributed by atoms with Crippen molar-refractivity contribution in [1.29, 1.82) is 0 Å². The van der Waals surface area contributed by atoms with E-state index in [4.69, 9.17) is 16.7 Å². The van der Waals surface area contributed by atoms with Crippen molar-refractivity contribution in [1.82, 2.24) is 9.88 Å². The first-order valence-electron chi connectivity index (χ1n) is 5.86. The summed E-state index contributed by atoms with van der Waals surface area (Å²) in [7, 11) is 0. The lowest BCUT2D eigenvalue weighted by atomic mass is 10.3. The summed E-state index contributed by atoms with van der Waals surface area (Å²) in [5.41, 5.74) is 0.572. The largest absolute Gasteiger partial charge is 0.393 e. The maximum atomic E-state index is 11.9. The molecule has 0 aliphatic rings. The van der Waals surface area contributed by atoms with Crippen molar-refractivity contribution < 1.29 is 9.90 Å². The number of aromatic nitrogens is 1. The highest BCUT2D eigenvalue weighted by Crippen LogP contribution is 2.14. The summed E-state index contributed by atoms with van der Waals surface area (Å²) in [5.74, 6) is -0.147. The second-order valence-electron chi connectivity index (χ2n) is 4.13. The molecule has 0 aliphatic carbocycles. The first kappa shape index (κ1) is 14.1. The minimum atomic E-state index is -0.402. The summed E-state index contributed by atoms with van der Waals surface area (Å²) < 4.78 is 1.85. The van der Waals surface area contributed by atoms with Crippen molar-refractivity contribution in [3.8, 4) is 0 Å². The molecule has 17 heavy (non-hydrogen) atoms. The number of aryl methyl sites for hydroxylation is 1. The van der Waals surface area contributed by atoms with E-state index in [2.05, 4.69) is 5.32 Å². The lowest BCUT2D eigenvalue weighted by Gasteiger charge is -2.09. The van der Waals surface area contributed by atoms with E-state index >= 15 is 0 Å². The average Bonchev–Trinajstić information content (AvgIpc) is 2.59. The smallest absolute Gasteiger partial charge is 0.267 e. The van der Waals surface area contributed by atoms with E-state index in [1.54, 1.807) is 19.2 Å². The van der Waals surface area contributed by atoms with Crippen LogP contribution in [-0.4, -0.2) is 28.2 Å². The molecule has 1 heterocycles. The van der Waals surface area contributed by atoms with Gasteiger partial charge in [0.15, 0.2) is 0 Å². The molecule has 1 amide bonds. The number of carbonyl (C=O) groups excluding carboxylic acids is 1. The zero-order valence-electron chi connectivity index (χ0n) is 10.2. The zero-order valence-corrected chi connectivity index (χ0v) is 11.0. The Labute approximate surface area is 107 Å². The summed E-state index contributed by atoms with van der Waals surface area (Å²) in [6, 6.07) is 1.66. The van der Waals surface area contributed by atoms with Gasteiger partial charge >= 0.3 is 0 Å². The monoisotopic (exact) mass is 258 g/mol. The summed E-state index contributed by atoms with van der Waals surface area (Å²) >= 11 is 5.89. The Morgan fingerprint density at radius 3 is 2.94 bits per heavy atom. The molecule has 2 N–H and O–H groups in total. The second-order valence-corrected chi connectivity index (χ2v) is 4.57. The minimum Gasteiger partial charge on any atom is -0.393 e. The third-order valence-corrected chi connectivity index (χ3v) is 2.61. The van der Waals surface area contributed by atoms with E-state index in [1.807, 2.05) is 11.5 Å². The average molecular weight is 259 g/mol. The number of hydrogen-bond acceptors (Lipinski definition) is 2. The predicted octanol–water partition coefficient (Wildman–Crippen LogP) is 2.05. The summed E-state index contributed by atoms with van der Waals surface area (Å²) in [6.07, 6.45) is 2.85. The molecule has 0 aliphatic heterocycles. The maximum absolute atomic E-state index is 11.9. The highest BCUT2D eigenvalue weighted by molar-refractivity contribution is 6.31. The highest BCUT2D eigenvalue weighted by atomic mass is 35.5. The fourth-order valence-corrected chi connectivity index (χ4v) is 1.80. The van der Waals surface area contributed by atoms with Crippen LogP contribution in [0.15, 0.2) is 12.3 Å². The third-order valence-electron chi connectivity index (χ3n) is 2.41. The topological polar surface area (TPSA) is 54.3 Å². The number of aliphatic hydroxyl groups is 1. The van der Waals surface area contributed by atoms with Gasteiger partial charge in [0, 0.05) is 19.3 Å². The third kappa shape index (κ3) is 4.40. The Morgan fingerprint density at radius 1 is 1.65 bits per heavy atom. The first-order chi connectivity index (χ1) is 8.04. The number of rotatable bonds is 6. The zero-order chi connectivity index (χ0) is 12.8. The molecule has 0 bridgehead atoms.